The van der Waals surface area contributed by atoms with Crippen molar-refractivity contribution in [2.24, 2.45) is 5.92 Å². The molecule has 2 aliphatic rings. The van der Waals surface area contributed by atoms with E-state index in [9.17, 15) is 9.59 Å². The number of piperazine rings is 1. The van der Waals surface area contributed by atoms with E-state index in [1.807, 2.05) is 52.3 Å². The van der Waals surface area contributed by atoms with Crippen LogP contribution in [-0.4, -0.2) is 60.9 Å². The van der Waals surface area contributed by atoms with Gasteiger partial charge >= 0.3 is 0 Å². The molecule has 0 aromatic heterocycles. The third kappa shape index (κ3) is 4.56. The van der Waals surface area contributed by atoms with Crippen LogP contribution in [0.5, 0.6) is 0 Å². The number of rotatable bonds is 5. The molecular weight excluding hydrogens is 386 g/mol. The largest absolute Gasteiger partial charge is 0.367 e. The molecule has 2 fully saturated rings. The Kier molecular flexibility index (Phi) is 6.05. The number of carbonyl (C=O) groups is 2. The molecule has 4 rings (SSSR count). The van der Waals surface area contributed by atoms with Gasteiger partial charge in [-0.15, -0.1) is 0 Å². The second-order valence-corrected chi connectivity index (χ2v) is 8.15. The molecule has 2 amide bonds. The summed E-state index contributed by atoms with van der Waals surface area (Å²) >= 11 is 6.30. The van der Waals surface area contributed by atoms with Crippen molar-refractivity contribution in [1.29, 1.82) is 0 Å². The van der Waals surface area contributed by atoms with Crippen LogP contribution >= 0.6 is 11.6 Å². The number of nitrogens with zero attached hydrogens (tertiary/aromatic N) is 3. The summed E-state index contributed by atoms with van der Waals surface area (Å²) in [5.74, 6) is -0.0153. The van der Waals surface area contributed by atoms with Gasteiger partial charge in [0.1, 0.15) is 0 Å². The van der Waals surface area contributed by atoms with E-state index in [0.717, 1.165) is 30.2 Å². The normalized spacial score (nSPS) is 19.7. The topological polar surface area (TPSA) is 43.9 Å². The van der Waals surface area contributed by atoms with Crippen LogP contribution in [0.15, 0.2) is 54.6 Å². The number of hydrogen-bond donors (Lipinski definition) is 0. The maximum absolute atomic E-state index is 13.0. The van der Waals surface area contributed by atoms with E-state index in [1.54, 1.807) is 0 Å². The van der Waals surface area contributed by atoms with E-state index >= 15 is 0 Å². The highest BCUT2D eigenvalue weighted by atomic mass is 35.5. The standard InChI is InChI=1S/C23H26ClN3O2/c24-20-8-4-5-9-21(20)25-12-14-26(15-13-25)23(29)19-16-22(28)27(17-19)11-10-18-6-2-1-3-7-18/h1-9,19H,10-17H2/t19-/m0/s1. The SMILES string of the molecule is O=C1C[C@H](C(=O)N2CCN(c3ccccc3Cl)CC2)CN1CCc1ccccc1. The fourth-order valence-corrected chi connectivity index (χ4v) is 4.45. The Labute approximate surface area is 176 Å². The molecule has 0 unspecified atom stereocenters. The third-order valence-corrected chi connectivity index (χ3v) is 6.18. The number of halogens is 1. The van der Waals surface area contributed by atoms with Crippen molar-refractivity contribution in [3.63, 3.8) is 0 Å². The third-order valence-electron chi connectivity index (χ3n) is 5.86. The lowest BCUT2D eigenvalue weighted by Gasteiger charge is -2.37. The molecule has 0 radical (unpaired) electrons. The molecule has 0 saturated carbocycles. The van der Waals surface area contributed by atoms with Crippen LogP contribution in [0.25, 0.3) is 0 Å². The van der Waals surface area contributed by atoms with E-state index in [1.165, 1.54) is 5.56 Å². The molecule has 0 bridgehead atoms. The molecule has 6 heteroatoms. The fourth-order valence-electron chi connectivity index (χ4n) is 4.20. The average Bonchev–Trinajstić information content (AvgIpc) is 3.13. The zero-order valence-electron chi connectivity index (χ0n) is 16.5. The number of para-hydroxylation sites is 1. The summed E-state index contributed by atoms with van der Waals surface area (Å²) in [7, 11) is 0. The van der Waals surface area contributed by atoms with Crippen LogP contribution in [0.2, 0.25) is 5.02 Å². The molecule has 0 N–H and O–H groups in total. The second-order valence-electron chi connectivity index (χ2n) is 7.74. The molecule has 5 nitrogen and oxygen atoms in total. The smallest absolute Gasteiger partial charge is 0.228 e. The number of benzene rings is 2. The first kappa shape index (κ1) is 19.8. The fraction of sp³-hybridized carbons (Fsp3) is 0.391. The van der Waals surface area contributed by atoms with Crippen LogP contribution in [-0.2, 0) is 16.0 Å². The van der Waals surface area contributed by atoms with Crippen molar-refractivity contribution in [2.75, 3.05) is 44.2 Å². The number of hydrogen-bond acceptors (Lipinski definition) is 3. The molecule has 2 aromatic rings. The van der Waals surface area contributed by atoms with Gasteiger partial charge in [0.15, 0.2) is 0 Å². The second kappa shape index (κ2) is 8.87. The van der Waals surface area contributed by atoms with Crippen molar-refractivity contribution in [3.8, 4) is 0 Å². The Balaban J connectivity index is 1.29. The Morgan fingerprint density at radius 3 is 2.38 bits per heavy atom. The highest BCUT2D eigenvalue weighted by molar-refractivity contribution is 6.33. The minimum absolute atomic E-state index is 0.0917. The number of anilines is 1. The molecule has 2 heterocycles. The first-order valence-electron chi connectivity index (χ1n) is 10.2. The monoisotopic (exact) mass is 411 g/mol. The molecule has 1 atom stereocenters. The first-order chi connectivity index (χ1) is 14.1. The molecule has 0 spiro atoms. The summed E-state index contributed by atoms with van der Waals surface area (Å²) in [5.41, 5.74) is 2.23. The maximum atomic E-state index is 13.0. The van der Waals surface area contributed by atoms with Crippen molar-refractivity contribution in [3.05, 3.63) is 65.2 Å². The minimum atomic E-state index is -0.217. The number of carbonyl (C=O) groups excluding carboxylic acids is 2. The summed E-state index contributed by atoms with van der Waals surface area (Å²) < 4.78 is 0. The van der Waals surface area contributed by atoms with Gasteiger partial charge in [0.05, 0.1) is 16.6 Å². The first-order valence-corrected chi connectivity index (χ1v) is 10.6. The van der Waals surface area contributed by atoms with Crippen molar-refractivity contribution in [2.45, 2.75) is 12.8 Å². The Morgan fingerprint density at radius 2 is 1.66 bits per heavy atom. The van der Waals surface area contributed by atoms with Crippen LogP contribution in [0.4, 0.5) is 5.69 Å². The Hall–Kier alpha value is -2.53. The zero-order valence-corrected chi connectivity index (χ0v) is 17.2. The van der Waals surface area contributed by atoms with Gasteiger partial charge in [-0.25, -0.2) is 0 Å². The van der Waals surface area contributed by atoms with Crippen LogP contribution in [0.3, 0.4) is 0 Å². The van der Waals surface area contributed by atoms with Gasteiger partial charge in [-0.2, -0.15) is 0 Å². The van der Waals surface area contributed by atoms with Gasteiger partial charge in [0.2, 0.25) is 11.8 Å². The predicted octanol–water partition coefficient (Wildman–Crippen LogP) is 3.08. The summed E-state index contributed by atoms with van der Waals surface area (Å²) in [6.45, 7) is 4.06. The number of amides is 2. The molecular formula is C23H26ClN3O2. The van der Waals surface area contributed by atoms with Gasteiger partial charge in [-0.05, 0) is 24.1 Å². The molecule has 29 heavy (non-hydrogen) atoms. The van der Waals surface area contributed by atoms with Crippen molar-refractivity contribution in [1.82, 2.24) is 9.80 Å². The highest BCUT2D eigenvalue weighted by Gasteiger charge is 2.37. The lowest BCUT2D eigenvalue weighted by molar-refractivity contribution is -0.136. The van der Waals surface area contributed by atoms with Gasteiger partial charge in [0, 0.05) is 45.7 Å². The minimum Gasteiger partial charge on any atom is -0.367 e. The van der Waals surface area contributed by atoms with Crippen LogP contribution in [0.1, 0.15) is 12.0 Å². The quantitative estimate of drug-likeness (QED) is 0.759. The summed E-state index contributed by atoms with van der Waals surface area (Å²) in [6.07, 6.45) is 1.16. The lowest BCUT2D eigenvalue weighted by Crippen LogP contribution is -2.50. The van der Waals surface area contributed by atoms with E-state index in [0.29, 0.717) is 32.6 Å². The molecule has 2 aromatic carbocycles. The Bertz CT molecular complexity index is 865. The van der Waals surface area contributed by atoms with Gasteiger partial charge in [-0.1, -0.05) is 54.1 Å². The maximum Gasteiger partial charge on any atom is 0.228 e. The average molecular weight is 412 g/mol. The van der Waals surface area contributed by atoms with Gasteiger partial charge < -0.3 is 14.7 Å². The van der Waals surface area contributed by atoms with E-state index in [2.05, 4.69) is 17.0 Å². The summed E-state index contributed by atoms with van der Waals surface area (Å²) in [6, 6.07) is 18.0. The molecule has 152 valence electrons. The van der Waals surface area contributed by atoms with E-state index in [-0.39, 0.29) is 17.7 Å². The van der Waals surface area contributed by atoms with E-state index < -0.39 is 0 Å². The number of likely N-dealkylation sites (tertiary alicyclic amines) is 1. The van der Waals surface area contributed by atoms with Gasteiger partial charge in [-0.3, -0.25) is 9.59 Å². The highest BCUT2D eigenvalue weighted by Crippen LogP contribution is 2.27. The predicted molar refractivity (Wildman–Crippen MR) is 115 cm³/mol. The Morgan fingerprint density at radius 1 is 0.966 bits per heavy atom. The van der Waals surface area contributed by atoms with Crippen LogP contribution < -0.4 is 4.90 Å². The lowest BCUT2D eigenvalue weighted by atomic mass is 10.1. The summed E-state index contributed by atoms with van der Waals surface area (Å²) in [4.78, 5) is 31.4. The van der Waals surface area contributed by atoms with Crippen LogP contribution in [0, 0.1) is 5.92 Å². The summed E-state index contributed by atoms with van der Waals surface area (Å²) in [5, 5.41) is 0.739. The van der Waals surface area contributed by atoms with E-state index in [4.69, 9.17) is 11.6 Å². The molecule has 2 saturated heterocycles. The van der Waals surface area contributed by atoms with Gasteiger partial charge in [0.25, 0.3) is 0 Å². The van der Waals surface area contributed by atoms with Crippen molar-refractivity contribution >= 4 is 29.1 Å². The molecule has 2 aliphatic heterocycles. The molecule has 0 aliphatic carbocycles. The zero-order chi connectivity index (χ0) is 20.2. The van der Waals surface area contributed by atoms with Crippen molar-refractivity contribution < 1.29 is 9.59 Å².